The number of rotatable bonds is 1. The Labute approximate surface area is 128 Å². The van der Waals surface area contributed by atoms with Crippen LogP contribution in [0.3, 0.4) is 0 Å². The van der Waals surface area contributed by atoms with Crippen molar-refractivity contribution >= 4 is 26.3 Å². The Balaban J connectivity index is 1.93. The SMILES string of the molecule is Clc1ccc(-c2n[se]c3c2-c2ccccc2OC3)cc1. The second kappa shape index (κ2) is 4.78. The van der Waals surface area contributed by atoms with Gasteiger partial charge in [0.05, 0.1) is 0 Å². The van der Waals surface area contributed by atoms with Gasteiger partial charge in [0.1, 0.15) is 0 Å². The third-order valence-corrected chi connectivity index (χ3v) is 5.36. The molecular formula is C16H10ClNOSe. The molecule has 2 aromatic carbocycles. The molecule has 0 radical (unpaired) electrons. The van der Waals surface area contributed by atoms with Crippen molar-refractivity contribution in [2.45, 2.75) is 6.61 Å². The Morgan fingerprint density at radius 3 is 2.70 bits per heavy atom. The fraction of sp³-hybridized carbons (Fsp3) is 0.0625. The molecule has 20 heavy (non-hydrogen) atoms. The van der Waals surface area contributed by atoms with E-state index in [0.717, 1.165) is 27.6 Å². The second-order valence-corrected chi connectivity index (χ2v) is 6.86. The van der Waals surface area contributed by atoms with Gasteiger partial charge in [-0.1, -0.05) is 0 Å². The van der Waals surface area contributed by atoms with Crippen LogP contribution in [0.1, 0.15) is 4.44 Å². The van der Waals surface area contributed by atoms with Crippen molar-refractivity contribution in [2.75, 3.05) is 0 Å². The summed E-state index contributed by atoms with van der Waals surface area (Å²) in [4.78, 5) is 0. The number of para-hydroxylation sites is 1. The van der Waals surface area contributed by atoms with Crippen molar-refractivity contribution in [3.63, 3.8) is 0 Å². The maximum atomic E-state index is 5.97. The quantitative estimate of drug-likeness (QED) is 0.621. The van der Waals surface area contributed by atoms with Crippen LogP contribution in [0.5, 0.6) is 5.75 Å². The molecule has 0 saturated heterocycles. The van der Waals surface area contributed by atoms with E-state index in [1.54, 1.807) is 0 Å². The Morgan fingerprint density at radius 1 is 1.05 bits per heavy atom. The zero-order valence-electron chi connectivity index (χ0n) is 10.5. The normalized spacial score (nSPS) is 12.4. The Kier molecular flexibility index (Phi) is 2.92. The van der Waals surface area contributed by atoms with E-state index in [2.05, 4.69) is 6.07 Å². The van der Waals surface area contributed by atoms with Gasteiger partial charge >= 0.3 is 128 Å². The molecule has 0 unspecified atom stereocenters. The molecule has 1 aliphatic heterocycles. The second-order valence-electron chi connectivity index (χ2n) is 4.62. The molecule has 1 aliphatic rings. The summed E-state index contributed by atoms with van der Waals surface area (Å²) in [7, 11) is 0. The summed E-state index contributed by atoms with van der Waals surface area (Å²) in [5.41, 5.74) is 4.61. The van der Waals surface area contributed by atoms with Crippen molar-refractivity contribution in [3.05, 3.63) is 58.0 Å². The number of halogens is 1. The van der Waals surface area contributed by atoms with Crippen LogP contribution >= 0.6 is 11.6 Å². The standard InChI is InChI=1S/C16H10ClNOSe/c17-11-7-5-10(6-8-11)16-15-12-3-1-2-4-13(12)19-9-14(15)20-18-16/h1-8H,9H2. The van der Waals surface area contributed by atoms with Crippen LogP contribution in [0.2, 0.25) is 5.02 Å². The van der Waals surface area contributed by atoms with Gasteiger partial charge in [0.15, 0.2) is 0 Å². The Hall–Kier alpha value is -1.54. The van der Waals surface area contributed by atoms with Gasteiger partial charge in [0, 0.05) is 0 Å². The average Bonchev–Trinajstić information content (AvgIpc) is 2.92. The van der Waals surface area contributed by atoms with E-state index in [0.29, 0.717) is 6.61 Å². The van der Waals surface area contributed by atoms with Crippen LogP contribution in [0.25, 0.3) is 22.4 Å². The van der Waals surface area contributed by atoms with Gasteiger partial charge in [-0.05, 0) is 0 Å². The maximum absolute atomic E-state index is 5.97. The molecule has 2 nitrogen and oxygen atoms in total. The molecule has 4 heteroatoms. The van der Waals surface area contributed by atoms with Gasteiger partial charge in [0.2, 0.25) is 0 Å². The van der Waals surface area contributed by atoms with E-state index in [1.165, 1.54) is 10.0 Å². The van der Waals surface area contributed by atoms with Crippen molar-refractivity contribution in [1.29, 1.82) is 0 Å². The molecule has 3 aromatic rings. The van der Waals surface area contributed by atoms with E-state index in [1.807, 2.05) is 42.5 Å². The predicted molar refractivity (Wildman–Crippen MR) is 81.4 cm³/mol. The number of nitrogens with zero attached hydrogens (tertiary/aromatic N) is 1. The Bertz CT molecular complexity index is 779. The summed E-state index contributed by atoms with van der Waals surface area (Å²) < 4.78 is 11.9. The van der Waals surface area contributed by atoms with Gasteiger partial charge in [-0.2, -0.15) is 0 Å². The van der Waals surface area contributed by atoms with Crippen LogP contribution in [-0.2, 0) is 6.61 Å². The predicted octanol–water partition coefficient (Wildman–Crippen LogP) is 4.02. The number of hydrogen-bond donors (Lipinski definition) is 0. The van der Waals surface area contributed by atoms with Crippen LogP contribution in [0, 0.1) is 0 Å². The van der Waals surface area contributed by atoms with E-state index < -0.39 is 0 Å². The van der Waals surface area contributed by atoms with E-state index >= 15 is 0 Å². The molecule has 0 amide bonds. The number of hydrogen-bond acceptors (Lipinski definition) is 2. The molecule has 2 heterocycles. The van der Waals surface area contributed by atoms with Crippen LogP contribution < -0.4 is 4.74 Å². The zero-order valence-corrected chi connectivity index (χ0v) is 12.9. The van der Waals surface area contributed by atoms with E-state index in [9.17, 15) is 0 Å². The third kappa shape index (κ3) is 1.90. The first kappa shape index (κ1) is 12.2. The fourth-order valence-corrected chi connectivity index (χ4v) is 4.27. The number of ether oxygens (including phenoxy) is 1. The van der Waals surface area contributed by atoms with Gasteiger partial charge < -0.3 is 0 Å². The van der Waals surface area contributed by atoms with Gasteiger partial charge in [-0.15, -0.1) is 0 Å². The van der Waals surface area contributed by atoms with Crippen LogP contribution in [-0.4, -0.2) is 18.7 Å². The molecular weight excluding hydrogens is 337 g/mol. The fourth-order valence-electron chi connectivity index (χ4n) is 2.45. The molecule has 98 valence electrons. The molecule has 0 fully saturated rings. The molecule has 1 aromatic heterocycles. The summed E-state index contributed by atoms with van der Waals surface area (Å²) in [6.45, 7) is 0.660. The molecule has 0 spiro atoms. The molecule has 0 saturated carbocycles. The number of aromatic nitrogens is 1. The summed E-state index contributed by atoms with van der Waals surface area (Å²) >= 11 is 6.11. The van der Waals surface area contributed by atoms with Gasteiger partial charge in [-0.25, -0.2) is 0 Å². The minimum atomic E-state index is 0.137. The number of fused-ring (bicyclic) bond motifs is 3. The van der Waals surface area contributed by atoms with Gasteiger partial charge in [-0.3, -0.25) is 0 Å². The molecule has 0 N–H and O–H groups in total. The molecule has 0 atom stereocenters. The van der Waals surface area contributed by atoms with Crippen molar-refractivity contribution in [2.24, 2.45) is 0 Å². The first-order chi connectivity index (χ1) is 9.83. The summed E-state index contributed by atoms with van der Waals surface area (Å²) in [6, 6.07) is 16.1. The zero-order chi connectivity index (χ0) is 13.5. The molecule has 0 bridgehead atoms. The third-order valence-electron chi connectivity index (χ3n) is 3.40. The molecule has 4 rings (SSSR count). The average molecular weight is 347 g/mol. The van der Waals surface area contributed by atoms with Crippen LogP contribution in [0.4, 0.5) is 0 Å². The monoisotopic (exact) mass is 347 g/mol. The van der Waals surface area contributed by atoms with Crippen molar-refractivity contribution < 1.29 is 4.74 Å². The summed E-state index contributed by atoms with van der Waals surface area (Å²) in [5.74, 6) is 0.950. The molecule has 0 aliphatic carbocycles. The first-order valence-corrected chi connectivity index (χ1v) is 8.29. The Morgan fingerprint density at radius 2 is 1.85 bits per heavy atom. The minimum absolute atomic E-state index is 0.137. The van der Waals surface area contributed by atoms with Crippen molar-refractivity contribution in [1.82, 2.24) is 3.98 Å². The van der Waals surface area contributed by atoms with Crippen molar-refractivity contribution in [3.8, 4) is 28.1 Å². The van der Waals surface area contributed by atoms with Crippen LogP contribution in [0.15, 0.2) is 48.5 Å². The van der Waals surface area contributed by atoms with E-state index in [4.69, 9.17) is 20.3 Å². The summed E-state index contributed by atoms with van der Waals surface area (Å²) in [5, 5.41) is 0.749. The van der Waals surface area contributed by atoms with E-state index in [-0.39, 0.29) is 14.7 Å². The first-order valence-electron chi connectivity index (χ1n) is 6.29. The van der Waals surface area contributed by atoms with Gasteiger partial charge in [0.25, 0.3) is 0 Å². The number of benzene rings is 2. The topological polar surface area (TPSA) is 22.1 Å². The summed E-state index contributed by atoms with van der Waals surface area (Å²) in [6.07, 6.45) is 0.